The van der Waals surface area contributed by atoms with Crippen molar-refractivity contribution in [2.75, 3.05) is 11.8 Å². The number of benzene rings is 2. The number of methoxy groups -OCH3 is 1. The highest BCUT2D eigenvalue weighted by Gasteiger charge is 2.30. The summed E-state index contributed by atoms with van der Waals surface area (Å²) in [6.07, 6.45) is 0. The van der Waals surface area contributed by atoms with Gasteiger partial charge in [-0.15, -0.1) is 0 Å². The van der Waals surface area contributed by atoms with Gasteiger partial charge in [0.05, 0.1) is 17.8 Å². The van der Waals surface area contributed by atoms with E-state index < -0.39 is 15.5 Å². The molecule has 2 aromatic carbocycles. The summed E-state index contributed by atoms with van der Waals surface area (Å²) < 4.78 is 69.4. The van der Waals surface area contributed by atoms with Gasteiger partial charge in [-0.2, -0.15) is 13.2 Å². The summed E-state index contributed by atoms with van der Waals surface area (Å²) >= 11 is 11.2. The number of thioether (sulfide) groups is 1. The number of nitrogens with one attached hydrogen (secondary N) is 1. The van der Waals surface area contributed by atoms with Crippen LogP contribution in [0.5, 0.6) is 5.75 Å². The van der Waals surface area contributed by atoms with Gasteiger partial charge in [-0.25, -0.2) is 8.42 Å². The fraction of sp³-hybridized carbons (Fsp3) is 0.143. The fourth-order valence-electron chi connectivity index (χ4n) is 1.84. The van der Waals surface area contributed by atoms with E-state index in [2.05, 4.69) is 4.72 Å². The van der Waals surface area contributed by atoms with E-state index in [0.717, 1.165) is 12.1 Å². The Hall–Kier alpha value is -1.29. The fourth-order valence-corrected chi connectivity index (χ4v) is 4.16. The summed E-state index contributed by atoms with van der Waals surface area (Å²) in [6, 6.07) is 7.37. The van der Waals surface area contributed by atoms with Crippen molar-refractivity contribution in [2.24, 2.45) is 0 Å². The predicted molar refractivity (Wildman–Crippen MR) is 92.2 cm³/mol. The van der Waals surface area contributed by atoms with Crippen LogP contribution in [0.2, 0.25) is 10.0 Å². The first-order chi connectivity index (χ1) is 11.5. The van der Waals surface area contributed by atoms with Gasteiger partial charge < -0.3 is 4.74 Å². The largest absolute Gasteiger partial charge is 0.495 e. The number of alkyl halides is 3. The lowest BCUT2D eigenvalue weighted by molar-refractivity contribution is -0.0328. The second-order valence-corrected chi connectivity index (χ2v) is 8.20. The molecule has 0 spiro atoms. The van der Waals surface area contributed by atoms with Gasteiger partial charge in [0.15, 0.2) is 0 Å². The first-order valence-corrected chi connectivity index (χ1v) is 9.49. The zero-order valence-electron chi connectivity index (χ0n) is 12.4. The lowest BCUT2D eigenvalue weighted by Crippen LogP contribution is -2.14. The SMILES string of the molecule is COc1ccc(Cl)cc1S(=O)(=O)Nc1ccc(SC(F)(F)F)c(Cl)c1. The van der Waals surface area contributed by atoms with Crippen molar-refractivity contribution in [3.63, 3.8) is 0 Å². The highest BCUT2D eigenvalue weighted by Crippen LogP contribution is 2.41. The molecule has 25 heavy (non-hydrogen) atoms. The van der Waals surface area contributed by atoms with E-state index in [1.54, 1.807) is 0 Å². The normalized spacial score (nSPS) is 12.1. The van der Waals surface area contributed by atoms with Crippen molar-refractivity contribution in [2.45, 2.75) is 15.3 Å². The van der Waals surface area contributed by atoms with E-state index in [-0.39, 0.29) is 43.0 Å². The molecule has 0 atom stereocenters. The molecule has 2 aromatic rings. The van der Waals surface area contributed by atoms with E-state index >= 15 is 0 Å². The van der Waals surface area contributed by atoms with E-state index in [1.165, 1.54) is 31.4 Å². The zero-order chi connectivity index (χ0) is 18.8. The van der Waals surface area contributed by atoms with Gasteiger partial charge in [-0.1, -0.05) is 23.2 Å². The third kappa shape index (κ3) is 5.34. The molecule has 2 rings (SSSR count). The van der Waals surface area contributed by atoms with Crippen molar-refractivity contribution in [3.05, 3.63) is 46.4 Å². The van der Waals surface area contributed by atoms with Crippen LogP contribution in [0.3, 0.4) is 0 Å². The van der Waals surface area contributed by atoms with Crippen LogP contribution in [0.1, 0.15) is 0 Å². The minimum absolute atomic E-state index is 0.00134. The van der Waals surface area contributed by atoms with Crippen LogP contribution in [0.4, 0.5) is 18.9 Å². The van der Waals surface area contributed by atoms with E-state index in [4.69, 9.17) is 27.9 Å². The smallest absolute Gasteiger partial charge is 0.446 e. The number of hydrogen-bond donors (Lipinski definition) is 1. The van der Waals surface area contributed by atoms with Crippen molar-refractivity contribution in [3.8, 4) is 5.75 Å². The third-order valence-corrected chi connectivity index (χ3v) is 5.69. The number of halogens is 5. The van der Waals surface area contributed by atoms with Gasteiger partial charge in [-0.05, 0) is 48.2 Å². The molecule has 0 amide bonds. The number of rotatable bonds is 5. The van der Waals surface area contributed by atoms with E-state index in [9.17, 15) is 21.6 Å². The molecule has 0 aliphatic rings. The topological polar surface area (TPSA) is 55.4 Å². The number of anilines is 1. The molecule has 0 saturated heterocycles. The second-order valence-electron chi connectivity index (χ2n) is 4.59. The van der Waals surface area contributed by atoms with Crippen LogP contribution in [-0.4, -0.2) is 21.0 Å². The molecule has 0 unspecified atom stereocenters. The van der Waals surface area contributed by atoms with Gasteiger partial charge in [0.1, 0.15) is 10.6 Å². The number of hydrogen-bond acceptors (Lipinski definition) is 4. The molecule has 0 bridgehead atoms. The quantitative estimate of drug-likeness (QED) is 0.642. The Bertz CT molecular complexity index is 889. The van der Waals surface area contributed by atoms with Crippen LogP contribution in [0, 0.1) is 0 Å². The molecule has 0 saturated carbocycles. The van der Waals surface area contributed by atoms with E-state index in [1.807, 2.05) is 0 Å². The van der Waals surface area contributed by atoms with Crippen LogP contribution in [-0.2, 0) is 10.0 Å². The summed E-state index contributed by atoms with van der Waals surface area (Å²) in [4.78, 5) is -0.454. The van der Waals surface area contributed by atoms with Gasteiger partial charge >= 0.3 is 5.51 Å². The Balaban J connectivity index is 2.33. The van der Waals surface area contributed by atoms with E-state index in [0.29, 0.717) is 0 Å². The average Bonchev–Trinajstić information content (AvgIpc) is 2.48. The lowest BCUT2D eigenvalue weighted by atomic mass is 10.3. The number of ether oxygens (including phenoxy) is 1. The molecular formula is C14H10Cl2F3NO3S2. The molecular weight excluding hydrogens is 422 g/mol. The maximum Gasteiger partial charge on any atom is 0.446 e. The Kier molecular flexibility index (Phi) is 6.03. The molecule has 11 heteroatoms. The molecule has 136 valence electrons. The van der Waals surface area contributed by atoms with Gasteiger partial charge in [-0.3, -0.25) is 4.72 Å². The van der Waals surface area contributed by atoms with Gasteiger partial charge in [0.25, 0.3) is 10.0 Å². The minimum atomic E-state index is -4.50. The molecule has 0 aliphatic heterocycles. The summed E-state index contributed by atoms with van der Waals surface area (Å²) in [7, 11) is -2.80. The number of sulfonamides is 1. The van der Waals surface area contributed by atoms with Crippen LogP contribution < -0.4 is 9.46 Å². The summed E-state index contributed by atoms with van der Waals surface area (Å²) in [5, 5.41) is -0.0586. The Labute approximate surface area is 156 Å². The van der Waals surface area contributed by atoms with Crippen LogP contribution in [0.15, 0.2) is 46.2 Å². The maximum absolute atomic E-state index is 12.5. The standard InChI is InChI=1S/C14H10Cl2F3NO3S2/c1-23-11-4-2-8(15)6-13(11)25(21,22)20-9-3-5-12(10(16)7-9)24-14(17,18)19/h2-7,20H,1H3. The highest BCUT2D eigenvalue weighted by molar-refractivity contribution is 8.00. The molecule has 0 fully saturated rings. The first kappa shape index (κ1) is 20.0. The van der Waals surface area contributed by atoms with Crippen molar-refractivity contribution in [1.29, 1.82) is 0 Å². The highest BCUT2D eigenvalue weighted by atomic mass is 35.5. The van der Waals surface area contributed by atoms with Crippen molar-refractivity contribution in [1.82, 2.24) is 0 Å². The molecule has 0 heterocycles. The zero-order valence-corrected chi connectivity index (χ0v) is 15.5. The predicted octanol–water partition coefficient (Wildman–Crippen LogP) is 5.41. The first-order valence-electron chi connectivity index (χ1n) is 6.43. The van der Waals surface area contributed by atoms with Crippen LogP contribution in [0.25, 0.3) is 0 Å². The Morgan fingerprint density at radius 2 is 1.80 bits per heavy atom. The molecule has 0 aromatic heterocycles. The summed E-state index contributed by atoms with van der Waals surface area (Å²) in [5.41, 5.74) is -4.50. The average molecular weight is 432 g/mol. The molecule has 1 N–H and O–H groups in total. The summed E-state index contributed by atoms with van der Waals surface area (Å²) in [6.45, 7) is 0. The monoisotopic (exact) mass is 431 g/mol. The second kappa shape index (κ2) is 7.53. The Morgan fingerprint density at radius 3 is 2.36 bits per heavy atom. The molecule has 0 radical (unpaired) electrons. The van der Waals surface area contributed by atoms with Crippen molar-refractivity contribution >= 4 is 50.7 Å². The minimum Gasteiger partial charge on any atom is -0.495 e. The molecule has 4 nitrogen and oxygen atoms in total. The van der Waals surface area contributed by atoms with Gasteiger partial charge in [0, 0.05) is 9.92 Å². The van der Waals surface area contributed by atoms with Crippen LogP contribution >= 0.6 is 35.0 Å². The summed E-state index contributed by atoms with van der Waals surface area (Å²) in [5.74, 6) is 0.0623. The maximum atomic E-state index is 12.5. The lowest BCUT2D eigenvalue weighted by Gasteiger charge is -2.13. The molecule has 0 aliphatic carbocycles. The third-order valence-electron chi connectivity index (χ3n) is 2.82. The van der Waals surface area contributed by atoms with Crippen molar-refractivity contribution < 1.29 is 26.3 Å². The Morgan fingerprint density at radius 1 is 1.12 bits per heavy atom. The van der Waals surface area contributed by atoms with Gasteiger partial charge in [0.2, 0.25) is 0 Å².